The first-order valence-corrected chi connectivity index (χ1v) is 7.87. The van der Waals surface area contributed by atoms with Crippen molar-refractivity contribution in [2.45, 2.75) is 5.33 Å². The van der Waals surface area contributed by atoms with Gasteiger partial charge in [0.1, 0.15) is 0 Å². The van der Waals surface area contributed by atoms with Crippen molar-refractivity contribution in [3.63, 3.8) is 0 Å². The molecule has 0 aliphatic carbocycles. The summed E-state index contributed by atoms with van der Waals surface area (Å²) in [5.41, 5.74) is 1.01. The minimum absolute atomic E-state index is 0.191. The normalized spacial score (nSPS) is 19.7. The summed E-state index contributed by atoms with van der Waals surface area (Å²) in [6.07, 6.45) is 3.50. The van der Waals surface area contributed by atoms with Crippen LogP contribution in [0.15, 0.2) is 12.4 Å². The topological polar surface area (TPSA) is 63.2 Å². The zero-order valence-corrected chi connectivity index (χ0v) is 11.0. The fourth-order valence-corrected chi connectivity index (χ4v) is 2.98. The lowest BCUT2D eigenvalue weighted by molar-refractivity contribution is 0.585. The lowest BCUT2D eigenvalue weighted by Crippen LogP contribution is -2.41. The number of hydrogen-bond donors (Lipinski definition) is 0. The summed E-state index contributed by atoms with van der Waals surface area (Å²) in [4.78, 5) is 10.3. The van der Waals surface area contributed by atoms with Crippen molar-refractivity contribution in [1.29, 1.82) is 0 Å². The highest BCUT2D eigenvalue weighted by molar-refractivity contribution is 9.08. The average Bonchev–Trinajstić information content (AvgIpc) is 2.29. The summed E-state index contributed by atoms with van der Waals surface area (Å²) in [5.74, 6) is 0.993. The number of hydrogen-bond acceptors (Lipinski definition) is 5. The Morgan fingerprint density at radius 2 is 1.81 bits per heavy atom. The molecule has 1 aliphatic rings. The Balaban J connectivity index is 2.08. The van der Waals surface area contributed by atoms with Crippen LogP contribution >= 0.6 is 15.9 Å². The molecule has 0 spiro atoms. The highest BCUT2D eigenvalue weighted by atomic mass is 79.9. The molecule has 0 saturated carbocycles. The highest BCUT2D eigenvalue weighted by Crippen LogP contribution is 2.12. The number of anilines is 1. The van der Waals surface area contributed by atoms with E-state index in [4.69, 9.17) is 0 Å². The molecule has 1 aromatic heterocycles. The van der Waals surface area contributed by atoms with Gasteiger partial charge in [0.25, 0.3) is 0 Å². The maximum atomic E-state index is 11.3. The third kappa shape index (κ3) is 2.70. The van der Waals surface area contributed by atoms with Crippen molar-refractivity contribution in [3.05, 3.63) is 18.0 Å². The molecule has 5 nitrogen and oxygen atoms in total. The third-order valence-electron chi connectivity index (χ3n) is 2.47. The van der Waals surface area contributed by atoms with Crippen LogP contribution in [-0.4, -0.2) is 43.0 Å². The molecule has 1 aromatic rings. The summed E-state index contributed by atoms with van der Waals surface area (Å²) >= 11 is 3.32. The number of rotatable bonds is 2. The van der Waals surface area contributed by atoms with E-state index >= 15 is 0 Å². The zero-order chi connectivity index (χ0) is 11.6. The van der Waals surface area contributed by atoms with Crippen LogP contribution in [0, 0.1) is 0 Å². The Kier molecular flexibility index (Phi) is 3.44. The molecule has 1 fully saturated rings. The van der Waals surface area contributed by atoms with Crippen molar-refractivity contribution in [2.24, 2.45) is 0 Å². The van der Waals surface area contributed by atoms with E-state index in [0.717, 1.165) is 10.9 Å². The lowest BCUT2D eigenvalue weighted by atomic mass is 10.4. The number of halogens is 1. The summed E-state index contributed by atoms with van der Waals surface area (Å²) in [5, 5.41) is 0.724. The standard InChI is InChI=1S/C9H12BrN3O2S/c10-5-8-6-11-9(12-7-8)13-1-3-16(14,15)4-2-13/h6-7H,1-5H2. The van der Waals surface area contributed by atoms with Crippen LogP contribution < -0.4 is 4.90 Å². The van der Waals surface area contributed by atoms with E-state index in [0.29, 0.717) is 19.0 Å². The lowest BCUT2D eigenvalue weighted by Gasteiger charge is -2.26. The molecule has 2 heterocycles. The number of sulfone groups is 1. The molecule has 2 rings (SSSR count). The fraction of sp³-hybridized carbons (Fsp3) is 0.556. The van der Waals surface area contributed by atoms with Crippen molar-refractivity contribution < 1.29 is 8.42 Å². The number of nitrogens with zero attached hydrogens (tertiary/aromatic N) is 3. The van der Waals surface area contributed by atoms with Crippen LogP contribution in [-0.2, 0) is 15.2 Å². The molecule has 0 atom stereocenters. The molecule has 0 bridgehead atoms. The van der Waals surface area contributed by atoms with Crippen molar-refractivity contribution in [1.82, 2.24) is 9.97 Å². The van der Waals surface area contributed by atoms with Crippen molar-refractivity contribution >= 4 is 31.7 Å². The van der Waals surface area contributed by atoms with Gasteiger partial charge in [-0.2, -0.15) is 0 Å². The summed E-state index contributed by atoms with van der Waals surface area (Å²) in [7, 11) is -2.84. The monoisotopic (exact) mass is 305 g/mol. The van der Waals surface area contributed by atoms with E-state index < -0.39 is 9.84 Å². The van der Waals surface area contributed by atoms with Crippen molar-refractivity contribution in [2.75, 3.05) is 29.5 Å². The van der Waals surface area contributed by atoms with E-state index in [2.05, 4.69) is 25.9 Å². The number of alkyl halides is 1. The van der Waals surface area contributed by atoms with Gasteiger partial charge in [0.15, 0.2) is 9.84 Å². The van der Waals surface area contributed by atoms with E-state index in [1.165, 1.54) is 0 Å². The third-order valence-corrected chi connectivity index (χ3v) is 4.73. The predicted octanol–water partition coefficient (Wildman–Crippen LogP) is 0.606. The van der Waals surface area contributed by atoms with E-state index in [1.807, 2.05) is 4.90 Å². The second-order valence-electron chi connectivity index (χ2n) is 3.66. The molecule has 0 unspecified atom stereocenters. The largest absolute Gasteiger partial charge is 0.339 e. The van der Waals surface area contributed by atoms with Gasteiger partial charge in [0.05, 0.1) is 11.5 Å². The van der Waals surface area contributed by atoms with Gasteiger partial charge < -0.3 is 4.90 Å². The van der Waals surface area contributed by atoms with Gasteiger partial charge in [-0.05, 0) is 5.56 Å². The predicted molar refractivity (Wildman–Crippen MR) is 65.5 cm³/mol. The first-order valence-electron chi connectivity index (χ1n) is 4.93. The molecule has 0 N–H and O–H groups in total. The summed E-state index contributed by atoms with van der Waals surface area (Å²) in [6, 6.07) is 0. The Labute approximate surface area is 103 Å². The fourth-order valence-electron chi connectivity index (χ4n) is 1.49. The van der Waals surface area contributed by atoms with Gasteiger partial charge in [0, 0.05) is 30.8 Å². The molecule has 0 amide bonds. The first kappa shape index (κ1) is 11.8. The highest BCUT2D eigenvalue weighted by Gasteiger charge is 2.22. The van der Waals surface area contributed by atoms with Gasteiger partial charge in [-0.1, -0.05) is 15.9 Å². The van der Waals surface area contributed by atoms with Gasteiger partial charge in [-0.15, -0.1) is 0 Å². The Morgan fingerprint density at radius 1 is 1.25 bits per heavy atom. The van der Waals surface area contributed by atoms with Gasteiger partial charge in [-0.25, -0.2) is 18.4 Å². The molecule has 88 valence electrons. The zero-order valence-electron chi connectivity index (χ0n) is 8.63. The summed E-state index contributed by atoms with van der Waals surface area (Å²) < 4.78 is 22.5. The summed E-state index contributed by atoms with van der Waals surface area (Å²) in [6.45, 7) is 0.964. The quantitative estimate of drug-likeness (QED) is 0.749. The molecular weight excluding hydrogens is 294 g/mol. The average molecular weight is 306 g/mol. The molecule has 7 heteroatoms. The molecular formula is C9H12BrN3O2S. The van der Waals surface area contributed by atoms with Gasteiger partial charge in [0.2, 0.25) is 5.95 Å². The molecule has 1 aliphatic heterocycles. The van der Waals surface area contributed by atoms with Gasteiger partial charge >= 0.3 is 0 Å². The smallest absolute Gasteiger partial charge is 0.225 e. The van der Waals surface area contributed by atoms with Crippen LogP contribution in [0.4, 0.5) is 5.95 Å². The van der Waals surface area contributed by atoms with Crippen LogP contribution in [0.2, 0.25) is 0 Å². The minimum Gasteiger partial charge on any atom is -0.339 e. The van der Waals surface area contributed by atoms with E-state index in [9.17, 15) is 8.42 Å². The Bertz CT molecular complexity index is 446. The molecule has 1 saturated heterocycles. The Hall–Kier alpha value is -0.690. The van der Waals surface area contributed by atoms with Crippen LogP contribution in [0.3, 0.4) is 0 Å². The molecule has 16 heavy (non-hydrogen) atoms. The van der Waals surface area contributed by atoms with E-state index in [-0.39, 0.29) is 11.5 Å². The van der Waals surface area contributed by atoms with Gasteiger partial charge in [-0.3, -0.25) is 0 Å². The second-order valence-corrected chi connectivity index (χ2v) is 6.53. The molecule has 0 radical (unpaired) electrons. The second kappa shape index (κ2) is 4.67. The SMILES string of the molecule is O=S1(=O)CCN(c2ncc(CBr)cn2)CC1. The van der Waals surface area contributed by atoms with Crippen LogP contribution in [0.5, 0.6) is 0 Å². The minimum atomic E-state index is -2.84. The molecule has 0 aromatic carbocycles. The first-order chi connectivity index (χ1) is 7.61. The maximum absolute atomic E-state index is 11.3. The van der Waals surface area contributed by atoms with Crippen LogP contribution in [0.1, 0.15) is 5.56 Å². The van der Waals surface area contributed by atoms with Crippen molar-refractivity contribution in [3.8, 4) is 0 Å². The Morgan fingerprint density at radius 3 is 2.31 bits per heavy atom. The number of aromatic nitrogens is 2. The van der Waals surface area contributed by atoms with E-state index in [1.54, 1.807) is 12.4 Å². The van der Waals surface area contributed by atoms with Crippen LogP contribution in [0.25, 0.3) is 0 Å². The maximum Gasteiger partial charge on any atom is 0.225 e.